The molecule has 0 N–H and O–H groups in total. The Balaban J connectivity index is 1.56. The van der Waals surface area contributed by atoms with E-state index in [2.05, 4.69) is 23.1 Å². The minimum atomic E-state index is -1.71. The summed E-state index contributed by atoms with van der Waals surface area (Å²) in [7, 11) is 0. The quantitative estimate of drug-likeness (QED) is 0.832. The molecule has 24 heavy (non-hydrogen) atoms. The van der Waals surface area contributed by atoms with Crippen LogP contribution in [0.3, 0.4) is 0 Å². The maximum absolute atomic E-state index is 15.1. The van der Waals surface area contributed by atoms with Crippen LogP contribution in [0.15, 0.2) is 6.20 Å². The summed E-state index contributed by atoms with van der Waals surface area (Å²) in [4.78, 5) is 16.3. The average Bonchev–Trinajstić information content (AvgIpc) is 2.97. The van der Waals surface area contributed by atoms with Gasteiger partial charge in [0.15, 0.2) is 5.67 Å². The van der Waals surface area contributed by atoms with Gasteiger partial charge >= 0.3 is 0 Å². The zero-order chi connectivity index (χ0) is 17.2. The van der Waals surface area contributed by atoms with Gasteiger partial charge in [-0.15, -0.1) is 0 Å². The van der Waals surface area contributed by atoms with Crippen LogP contribution < -0.4 is 0 Å². The fourth-order valence-corrected chi connectivity index (χ4v) is 3.45. The number of aryl methyl sites for hydroxylation is 2. The van der Waals surface area contributed by atoms with Gasteiger partial charge in [-0.25, -0.2) is 4.39 Å². The van der Waals surface area contributed by atoms with Crippen molar-refractivity contribution in [2.24, 2.45) is 0 Å². The zero-order valence-electron chi connectivity index (χ0n) is 14.6. The number of rotatable bonds is 4. The Hall–Kier alpha value is -1.47. The molecule has 1 aromatic heterocycles. The number of alkyl halides is 1. The highest BCUT2D eigenvalue weighted by Gasteiger charge is 2.44. The molecule has 0 aromatic carbocycles. The van der Waals surface area contributed by atoms with E-state index in [0.717, 1.165) is 18.8 Å². The van der Waals surface area contributed by atoms with Gasteiger partial charge in [0.1, 0.15) is 0 Å². The second kappa shape index (κ2) is 7.19. The Morgan fingerprint density at radius 3 is 2.54 bits per heavy atom. The lowest BCUT2D eigenvalue weighted by Gasteiger charge is -2.39. The van der Waals surface area contributed by atoms with E-state index in [1.807, 2.05) is 11.6 Å². The van der Waals surface area contributed by atoms with Crippen LogP contribution in [0.25, 0.3) is 0 Å². The molecule has 1 amide bonds. The summed E-state index contributed by atoms with van der Waals surface area (Å²) >= 11 is 0. The van der Waals surface area contributed by atoms with Crippen LogP contribution in [-0.2, 0) is 22.6 Å². The van der Waals surface area contributed by atoms with Gasteiger partial charge in [-0.3, -0.25) is 14.4 Å². The molecule has 134 valence electrons. The molecule has 2 saturated heterocycles. The lowest BCUT2D eigenvalue weighted by atomic mass is 9.91. The number of amides is 1. The highest BCUT2D eigenvalue weighted by Crippen LogP contribution is 2.30. The van der Waals surface area contributed by atoms with Gasteiger partial charge < -0.3 is 9.64 Å². The Kier molecular flexibility index (Phi) is 5.20. The molecule has 2 fully saturated rings. The van der Waals surface area contributed by atoms with E-state index >= 15 is 4.39 Å². The number of halogens is 1. The largest absolute Gasteiger partial charge is 0.378 e. The number of morpholine rings is 1. The molecule has 0 radical (unpaired) electrons. The number of likely N-dealkylation sites (tertiary alicyclic amines) is 1. The maximum Gasteiger partial charge on any atom is 0.260 e. The summed E-state index contributed by atoms with van der Waals surface area (Å²) in [6, 6.07) is 0. The molecule has 0 aliphatic carbocycles. The Labute approximate surface area is 142 Å². The highest BCUT2D eigenvalue weighted by molar-refractivity contribution is 5.85. The lowest BCUT2D eigenvalue weighted by molar-refractivity contribution is -0.151. The molecule has 0 bridgehead atoms. The first kappa shape index (κ1) is 17.4. The topological polar surface area (TPSA) is 50.6 Å². The number of piperidine rings is 1. The van der Waals surface area contributed by atoms with E-state index in [1.54, 1.807) is 4.90 Å². The minimum absolute atomic E-state index is 0.268. The summed E-state index contributed by atoms with van der Waals surface area (Å²) in [5.74, 6) is -0.347. The summed E-state index contributed by atoms with van der Waals surface area (Å²) < 4.78 is 22.3. The van der Waals surface area contributed by atoms with Gasteiger partial charge in [-0.1, -0.05) is 0 Å². The van der Waals surface area contributed by atoms with Crippen LogP contribution in [0.2, 0.25) is 0 Å². The maximum atomic E-state index is 15.1. The number of aromatic nitrogens is 2. The molecule has 0 atom stereocenters. The predicted octanol–water partition coefficient (Wildman–Crippen LogP) is 1.37. The number of nitrogens with zero attached hydrogens (tertiary/aromatic N) is 4. The third-order valence-corrected chi connectivity index (χ3v) is 5.10. The van der Waals surface area contributed by atoms with Crippen LogP contribution in [0, 0.1) is 6.92 Å². The third kappa shape index (κ3) is 3.62. The molecule has 2 aliphatic rings. The number of hydrogen-bond donors (Lipinski definition) is 0. The summed E-state index contributed by atoms with van der Waals surface area (Å²) in [6.07, 6.45) is 2.60. The van der Waals surface area contributed by atoms with Gasteiger partial charge in [-0.2, -0.15) is 5.10 Å². The third-order valence-electron chi connectivity index (χ3n) is 5.10. The smallest absolute Gasteiger partial charge is 0.260 e. The zero-order valence-corrected chi connectivity index (χ0v) is 14.6. The normalized spacial score (nSPS) is 21.9. The van der Waals surface area contributed by atoms with Crippen LogP contribution in [0.5, 0.6) is 0 Å². The van der Waals surface area contributed by atoms with Gasteiger partial charge in [-0.05, 0) is 13.8 Å². The van der Waals surface area contributed by atoms with E-state index in [4.69, 9.17) is 4.74 Å². The Bertz CT molecular complexity index is 575. The molecule has 0 unspecified atom stereocenters. The van der Waals surface area contributed by atoms with Crippen molar-refractivity contribution in [1.82, 2.24) is 19.6 Å². The van der Waals surface area contributed by atoms with Crippen molar-refractivity contribution in [2.45, 2.75) is 45.4 Å². The molecule has 1 aromatic rings. The fraction of sp³-hybridized carbons (Fsp3) is 0.765. The van der Waals surface area contributed by atoms with Gasteiger partial charge in [0, 0.05) is 63.9 Å². The second-order valence-electron chi connectivity index (χ2n) is 6.74. The molecular weight excluding hydrogens is 311 g/mol. The average molecular weight is 338 g/mol. The first-order valence-electron chi connectivity index (χ1n) is 8.83. The second-order valence-corrected chi connectivity index (χ2v) is 6.74. The molecule has 6 nitrogen and oxygen atoms in total. The Morgan fingerprint density at radius 2 is 1.96 bits per heavy atom. The van der Waals surface area contributed by atoms with Crippen LogP contribution in [-0.4, -0.2) is 70.5 Å². The first-order chi connectivity index (χ1) is 11.5. The van der Waals surface area contributed by atoms with Crippen molar-refractivity contribution >= 4 is 5.91 Å². The summed E-state index contributed by atoms with van der Waals surface area (Å²) in [5, 5.41) is 4.46. The van der Waals surface area contributed by atoms with E-state index < -0.39 is 5.67 Å². The minimum Gasteiger partial charge on any atom is -0.378 e. The molecule has 7 heteroatoms. The number of carbonyl (C=O) groups is 1. The fourth-order valence-electron chi connectivity index (χ4n) is 3.45. The van der Waals surface area contributed by atoms with E-state index in [0.29, 0.717) is 39.4 Å². The summed E-state index contributed by atoms with van der Waals surface area (Å²) in [6.45, 7) is 8.91. The van der Waals surface area contributed by atoms with Crippen molar-refractivity contribution < 1.29 is 13.9 Å². The van der Waals surface area contributed by atoms with Crippen LogP contribution >= 0.6 is 0 Å². The SMILES string of the molecule is CCn1cc(CN2CCC(F)(C(=O)N3CCOCC3)CC2)c(C)n1. The van der Waals surface area contributed by atoms with E-state index in [-0.39, 0.29) is 18.7 Å². The first-order valence-corrected chi connectivity index (χ1v) is 8.83. The monoisotopic (exact) mass is 338 g/mol. The number of ether oxygens (including phenoxy) is 1. The van der Waals surface area contributed by atoms with Crippen molar-refractivity contribution in [3.8, 4) is 0 Å². The highest BCUT2D eigenvalue weighted by atomic mass is 19.1. The van der Waals surface area contributed by atoms with Gasteiger partial charge in [0.05, 0.1) is 18.9 Å². The molecule has 0 spiro atoms. The molecule has 3 heterocycles. The number of hydrogen-bond acceptors (Lipinski definition) is 4. The Morgan fingerprint density at radius 1 is 1.29 bits per heavy atom. The molecule has 2 aliphatic heterocycles. The van der Waals surface area contributed by atoms with E-state index in [1.165, 1.54) is 5.56 Å². The summed E-state index contributed by atoms with van der Waals surface area (Å²) in [5.41, 5.74) is 0.497. The van der Waals surface area contributed by atoms with Gasteiger partial charge in [0.25, 0.3) is 5.91 Å². The molecular formula is C17H27FN4O2. The predicted molar refractivity (Wildman–Crippen MR) is 88.4 cm³/mol. The van der Waals surface area contributed by atoms with Gasteiger partial charge in [0.2, 0.25) is 0 Å². The van der Waals surface area contributed by atoms with Crippen LogP contribution in [0.1, 0.15) is 31.0 Å². The van der Waals surface area contributed by atoms with Crippen molar-refractivity contribution in [3.05, 3.63) is 17.5 Å². The molecule has 3 rings (SSSR count). The number of carbonyl (C=O) groups excluding carboxylic acids is 1. The lowest BCUT2D eigenvalue weighted by Crippen LogP contribution is -2.54. The molecule has 0 saturated carbocycles. The van der Waals surface area contributed by atoms with Crippen molar-refractivity contribution in [2.75, 3.05) is 39.4 Å². The van der Waals surface area contributed by atoms with Crippen LogP contribution in [0.4, 0.5) is 4.39 Å². The standard InChI is InChI=1S/C17H27FN4O2/c1-3-22-13-15(14(2)19-22)12-20-6-4-17(18,5-7-20)16(23)21-8-10-24-11-9-21/h13H,3-12H2,1-2H3. The van der Waals surface area contributed by atoms with E-state index in [9.17, 15) is 4.79 Å². The van der Waals surface area contributed by atoms with Crippen molar-refractivity contribution in [1.29, 1.82) is 0 Å². The van der Waals surface area contributed by atoms with Crippen molar-refractivity contribution in [3.63, 3.8) is 0 Å².